The van der Waals surface area contributed by atoms with E-state index in [1.807, 2.05) is 25.1 Å². The average molecular weight is 439 g/mol. The second kappa shape index (κ2) is 8.79. The van der Waals surface area contributed by atoms with E-state index < -0.39 is 10.0 Å². The predicted molar refractivity (Wildman–Crippen MR) is 115 cm³/mol. The molecule has 0 saturated heterocycles. The van der Waals surface area contributed by atoms with Crippen molar-refractivity contribution in [2.75, 3.05) is 6.79 Å². The van der Waals surface area contributed by atoms with Gasteiger partial charge in [0.25, 0.3) is 5.91 Å². The van der Waals surface area contributed by atoms with Crippen molar-refractivity contribution in [2.45, 2.75) is 24.9 Å². The summed E-state index contributed by atoms with van der Waals surface area (Å²) < 4.78 is 38.0. The monoisotopic (exact) mass is 438 g/mol. The summed E-state index contributed by atoms with van der Waals surface area (Å²) in [5, 5.41) is 2.86. The molecule has 1 aliphatic rings. The van der Waals surface area contributed by atoms with E-state index in [4.69, 9.17) is 9.47 Å². The van der Waals surface area contributed by atoms with Crippen LogP contribution in [0.3, 0.4) is 0 Å². The van der Waals surface area contributed by atoms with Crippen LogP contribution in [0.25, 0.3) is 0 Å². The first-order valence-electron chi connectivity index (χ1n) is 9.73. The van der Waals surface area contributed by atoms with Crippen LogP contribution < -0.4 is 19.5 Å². The molecule has 0 aliphatic carbocycles. The minimum atomic E-state index is -3.59. The molecule has 0 bridgehead atoms. The van der Waals surface area contributed by atoms with E-state index in [-0.39, 0.29) is 24.1 Å². The molecule has 8 heteroatoms. The van der Waals surface area contributed by atoms with Gasteiger partial charge in [-0.2, -0.15) is 0 Å². The molecule has 0 spiro atoms. The maximum absolute atomic E-state index is 12.4. The number of hydrogen-bond acceptors (Lipinski definition) is 5. The Morgan fingerprint density at radius 1 is 0.871 bits per heavy atom. The number of amides is 1. The van der Waals surface area contributed by atoms with E-state index in [1.54, 1.807) is 48.5 Å². The topological polar surface area (TPSA) is 93.7 Å². The normalized spacial score (nSPS) is 12.5. The number of carbonyl (C=O) groups is 1. The first-order chi connectivity index (χ1) is 14.9. The van der Waals surface area contributed by atoms with Crippen LogP contribution in [0.2, 0.25) is 0 Å². The Labute approximate surface area is 181 Å². The van der Waals surface area contributed by atoms with Crippen LogP contribution in [-0.2, 0) is 23.1 Å². The number of ether oxygens (including phenoxy) is 2. The van der Waals surface area contributed by atoms with Crippen LogP contribution in [0.4, 0.5) is 0 Å². The highest BCUT2D eigenvalue weighted by atomic mass is 32.2. The van der Waals surface area contributed by atoms with Gasteiger partial charge in [0.2, 0.25) is 16.8 Å². The standard InChI is InChI=1S/C23H22N2O5S/c1-16-2-9-20(10-3-16)31(27,28)25-14-17-4-7-19(8-5-17)23(26)24-13-18-6-11-21-22(12-18)30-15-29-21/h2-12,25H,13-15H2,1H3,(H,24,26). The third-order valence-electron chi connectivity index (χ3n) is 4.90. The molecule has 0 atom stereocenters. The van der Waals surface area contributed by atoms with Gasteiger partial charge in [-0.3, -0.25) is 4.79 Å². The first kappa shape index (κ1) is 20.9. The molecule has 0 fully saturated rings. The van der Waals surface area contributed by atoms with E-state index in [9.17, 15) is 13.2 Å². The molecule has 3 aromatic rings. The lowest BCUT2D eigenvalue weighted by molar-refractivity contribution is 0.0951. The molecular formula is C23H22N2O5S. The van der Waals surface area contributed by atoms with E-state index in [0.29, 0.717) is 23.6 Å². The summed E-state index contributed by atoms with van der Waals surface area (Å²) in [6.07, 6.45) is 0. The van der Waals surface area contributed by atoms with E-state index in [0.717, 1.165) is 16.7 Å². The van der Waals surface area contributed by atoms with Crippen LogP contribution >= 0.6 is 0 Å². The van der Waals surface area contributed by atoms with Crippen LogP contribution in [0.15, 0.2) is 71.6 Å². The Morgan fingerprint density at radius 3 is 2.29 bits per heavy atom. The summed E-state index contributed by atoms with van der Waals surface area (Å²) in [6, 6.07) is 19.0. The van der Waals surface area contributed by atoms with Gasteiger partial charge in [-0.1, -0.05) is 35.9 Å². The Morgan fingerprint density at radius 2 is 1.55 bits per heavy atom. The highest BCUT2D eigenvalue weighted by molar-refractivity contribution is 7.89. The molecule has 7 nitrogen and oxygen atoms in total. The minimum Gasteiger partial charge on any atom is -0.454 e. The van der Waals surface area contributed by atoms with Crippen LogP contribution in [0.1, 0.15) is 27.0 Å². The summed E-state index contributed by atoms with van der Waals surface area (Å²) >= 11 is 0. The average Bonchev–Trinajstić information content (AvgIpc) is 3.25. The minimum absolute atomic E-state index is 0.134. The zero-order valence-corrected chi connectivity index (χ0v) is 17.7. The van der Waals surface area contributed by atoms with Gasteiger partial charge in [-0.15, -0.1) is 0 Å². The van der Waals surface area contributed by atoms with Gasteiger partial charge in [0.15, 0.2) is 11.5 Å². The van der Waals surface area contributed by atoms with Crippen molar-refractivity contribution >= 4 is 15.9 Å². The van der Waals surface area contributed by atoms with E-state index in [2.05, 4.69) is 10.0 Å². The third kappa shape index (κ3) is 5.04. The molecule has 160 valence electrons. The summed E-state index contributed by atoms with van der Waals surface area (Å²) in [4.78, 5) is 12.6. The van der Waals surface area contributed by atoms with Gasteiger partial charge in [0.1, 0.15) is 0 Å². The fourth-order valence-electron chi connectivity index (χ4n) is 3.09. The van der Waals surface area contributed by atoms with E-state index in [1.165, 1.54) is 0 Å². The Balaban J connectivity index is 1.32. The van der Waals surface area contributed by atoms with Crippen molar-refractivity contribution in [1.29, 1.82) is 0 Å². The first-order valence-corrected chi connectivity index (χ1v) is 11.2. The lowest BCUT2D eigenvalue weighted by atomic mass is 10.1. The smallest absolute Gasteiger partial charge is 0.251 e. The van der Waals surface area contributed by atoms with Crippen LogP contribution in [0.5, 0.6) is 11.5 Å². The Hall–Kier alpha value is -3.36. The lowest BCUT2D eigenvalue weighted by Gasteiger charge is -2.09. The van der Waals surface area contributed by atoms with Gasteiger partial charge in [0.05, 0.1) is 4.90 Å². The van der Waals surface area contributed by atoms with Gasteiger partial charge < -0.3 is 14.8 Å². The van der Waals surface area contributed by atoms with Crippen molar-refractivity contribution in [1.82, 2.24) is 10.0 Å². The van der Waals surface area contributed by atoms with Crippen molar-refractivity contribution in [3.8, 4) is 11.5 Å². The number of carbonyl (C=O) groups excluding carboxylic acids is 1. The van der Waals surface area contributed by atoms with E-state index >= 15 is 0 Å². The second-order valence-electron chi connectivity index (χ2n) is 7.20. The van der Waals surface area contributed by atoms with Gasteiger partial charge in [0, 0.05) is 18.7 Å². The van der Waals surface area contributed by atoms with Crippen molar-refractivity contribution in [3.63, 3.8) is 0 Å². The summed E-state index contributed by atoms with van der Waals surface area (Å²) in [5.74, 6) is 1.15. The highest BCUT2D eigenvalue weighted by Crippen LogP contribution is 2.32. The lowest BCUT2D eigenvalue weighted by Crippen LogP contribution is -2.24. The largest absolute Gasteiger partial charge is 0.454 e. The third-order valence-corrected chi connectivity index (χ3v) is 6.32. The molecule has 1 amide bonds. The molecule has 1 aliphatic heterocycles. The zero-order valence-electron chi connectivity index (χ0n) is 16.9. The molecule has 0 unspecified atom stereocenters. The summed E-state index contributed by atoms with van der Waals surface area (Å²) in [5.41, 5.74) is 3.14. The Kier molecular flexibility index (Phi) is 5.92. The molecule has 3 aromatic carbocycles. The number of aryl methyl sites for hydroxylation is 1. The molecular weight excluding hydrogens is 416 g/mol. The Bertz CT molecular complexity index is 1190. The van der Waals surface area contributed by atoms with Crippen molar-refractivity contribution in [2.24, 2.45) is 0 Å². The molecule has 1 heterocycles. The van der Waals surface area contributed by atoms with Gasteiger partial charge in [-0.05, 0) is 54.4 Å². The number of benzene rings is 3. The number of fused-ring (bicyclic) bond motifs is 1. The molecule has 0 aromatic heterocycles. The fourth-order valence-corrected chi connectivity index (χ4v) is 4.11. The SMILES string of the molecule is Cc1ccc(S(=O)(=O)NCc2ccc(C(=O)NCc3ccc4c(c3)OCO4)cc2)cc1. The van der Waals surface area contributed by atoms with Crippen molar-refractivity contribution in [3.05, 3.63) is 89.0 Å². The maximum Gasteiger partial charge on any atom is 0.251 e. The van der Waals surface area contributed by atoms with Gasteiger partial charge >= 0.3 is 0 Å². The fraction of sp³-hybridized carbons (Fsp3) is 0.174. The zero-order chi connectivity index (χ0) is 21.8. The molecule has 31 heavy (non-hydrogen) atoms. The predicted octanol–water partition coefficient (Wildman–Crippen LogP) is 3.13. The molecule has 0 radical (unpaired) electrons. The second-order valence-corrected chi connectivity index (χ2v) is 8.97. The highest BCUT2D eigenvalue weighted by Gasteiger charge is 2.15. The molecule has 4 rings (SSSR count). The number of sulfonamides is 1. The summed E-state index contributed by atoms with van der Waals surface area (Å²) in [6.45, 7) is 2.60. The molecule has 2 N–H and O–H groups in total. The number of rotatable bonds is 7. The number of hydrogen-bond donors (Lipinski definition) is 2. The van der Waals surface area contributed by atoms with Gasteiger partial charge in [-0.25, -0.2) is 13.1 Å². The summed E-state index contributed by atoms with van der Waals surface area (Å²) in [7, 11) is -3.59. The maximum atomic E-state index is 12.4. The number of nitrogens with one attached hydrogen (secondary N) is 2. The van der Waals surface area contributed by atoms with Crippen LogP contribution in [0, 0.1) is 6.92 Å². The van der Waals surface area contributed by atoms with Crippen molar-refractivity contribution < 1.29 is 22.7 Å². The van der Waals surface area contributed by atoms with Crippen LogP contribution in [-0.4, -0.2) is 21.1 Å². The molecule has 0 saturated carbocycles. The quantitative estimate of drug-likeness (QED) is 0.591.